The van der Waals surface area contributed by atoms with E-state index in [1.807, 2.05) is 13.8 Å². The molecule has 1 fully saturated rings. The lowest BCUT2D eigenvalue weighted by atomic mass is 10.4. The average Bonchev–Trinajstić information content (AvgIpc) is 2.86. The average molecular weight is 213 g/mol. The minimum Gasteiger partial charge on any atom is -0.352 e. The van der Waals surface area contributed by atoms with E-state index in [0.29, 0.717) is 6.04 Å². The normalized spacial score (nSPS) is 14.9. The van der Waals surface area contributed by atoms with E-state index >= 15 is 0 Å². The first kappa shape index (κ1) is 11.8. The van der Waals surface area contributed by atoms with Crippen molar-refractivity contribution in [2.75, 3.05) is 13.6 Å². The molecular formula is C10H19N3O2. The summed E-state index contributed by atoms with van der Waals surface area (Å²) < 4.78 is 0. The second kappa shape index (κ2) is 5.00. The van der Waals surface area contributed by atoms with Crippen LogP contribution in [0.2, 0.25) is 0 Å². The Morgan fingerprint density at radius 3 is 2.47 bits per heavy atom. The number of carbonyl (C=O) groups excluding carboxylic acids is 2. The number of nitrogens with one attached hydrogen (secondary N) is 2. The summed E-state index contributed by atoms with van der Waals surface area (Å²) in [5.74, 6) is -0.126. The Morgan fingerprint density at radius 1 is 1.40 bits per heavy atom. The fourth-order valence-corrected chi connectivity index (χ4v) is 1.17. The minimum absolute atomic E-state index is 0.108. The number of hydrogen-bond acceptors (Lipinski definition) is 2. The van der Waals surface area contributed by atoms with E-state index < -0.39 is 0 Å². The molecule has 1 rings (SSSR count). The summed E-state index contributed by atoms with van der Waals surface area (Å²) in [5, 5.41) is 5.56. The van der Waals surface area contributed by atoms with Crippen molar-refractivity contribution >= 4 is 11.9 Å². The van der Waals surface area contributed by atoms with Gasteiger partial charge in [0.2, 0.25) is 5.91 Å². The number of hydrogen-bond donors (Lipinski definition) is 2. The highest BCUT2D eigenvalue weighted by Crippen LogP contribution is 2.18. The van der Waals surface area contributed by atoms with Crippen molar-refractivity contribution in [3.8, 4) is 0 Å². The highest BCUT2D eigenvalue weighted by atomic mass is 16.2. The summed E-state index contributed by atoms with van der Waals surface area (Å²) in [7, 11) is 1.62. The molecule has 86 valence electrons. The summed E-state index contributed by atoms with van der Waals surface area (Å²) in [6, 6.07) is 0.266. The molecule has 2 N–H and O–H groups in total. The summed E-state index contributed by atoms with van der Waals surface area (Å²) >= 11 is 0. The molecule has 1 saturated carbocycles. The third-order valence-electron chi connectivity index (χ3n) is 2.08. The third-order valence-corrected chi connectivity index (χ3v) is 2.08. The second-order valence-electron chi connectivity index (χ2n) is 4.30. The van der Waals surface area contributed by atoms with Crippen molar-refractivity contribution in [1.82, 2.24) is 15.5 Å². The van der Waals surface area contributed by atoms with Crippen LogP contribution in [0.4, 0.5) is 4.79 Å². The molecule has 15 heavy (non-hydrogen) atoms. The predicted octanol–water partition coefficient (Wildman–Crippen LogP) is 0.315. The van der Waals surface area contributed by atoms with Crippen molar-refractivity contribution < 1.29 is 9.59 Å². The quantitative estimate of drug-likeness (QED) is 0.706. The Hall–Kier alpha value is -1.26. The van der Waals surface area contributed by atoms with Crippen LogP contribution in [0.25, 0.3) is 0 Å². The van der Waals surface area contributed by atoms with Crippen LogP contribution in [-0.2, 0) is 4.79 Å². The third kappa shape index (κ3) is 4.67. The number of nitrogens with zero attached hydrogens (tertiary/aromatic N) is 1. The van der Waals surface area contributed by atoms with Crippen LogP contribution >= 0.6 is 0 Å². The van der Waals surface area contributed by atoms with Crippen LogP contribution in [0.5, 0.6) is 0 Å². The lowest BCUT2D eigenvalue weighted by Crippen LogP contribution is -2.45. The fourth-order valence-electron chi connectivity index (χ4n) is 1.17. The summed E-state index contributed by atoms with van der Waals surface area (Å²) in [4.78, 5) is 24.2. The number of amides is 3. The van der Waals surface area contributed by atoms with Crippen LogP contribution < -0.4 is 10.6 Å². The standard InChI is InChI=1S/C10H19N3O2/c1-7(2)11-9(14)6-13(3)10(15)12-8-4-5-8/h7-8H,4-6H2,1-3H3,(H,11,14)(H,12,15). The summed E-state index contributed by atoms with van der Waals surface area (Å²) in [6.45, 7) is 3.89. The molecule has 5 nitrogen and oxygen atoms in total. The first-order valence-electron chi connectivity index (χ1n) is 5.30. The van der Waals surface area contributed by atoms with E-state index in [-0.39, 0.29) is 24.5 Å². The maximum absolute atomic E-state index is 11.4. The monoisotopic (exact) mass is 213 g/mol. The molecule has 0 spiro atoms. The van der Waals surface area contributed by atoms with Crippen molar-refractivity contribution in [2.24, 2.45) is 0 Å². The Kier molecular flexibility index (Phi) is 3.94. The van der Waals surface area contributed by atoms with E-state index in [4.69, 9.17) is 0 Å². The van der Waals surface area contributed by atoms with Gasteiger partial charge in [-0.2, -0.15) is 0 Å². The first-order valence-corrected chi connectivity index (χ1v) is 5.30. The van der Waals surface area contributed by atoms with Gasteiger partial charge in [-0.05, 0) is 26.7 Å². The molecular weight excluding hydrogens is 194 g/mol. The molecule has 0 aromatic rings. The van der Waals surface area contributed by atoms with Crippen molar-refractivity contribution in [1.29, 1.82) is 0 Å². The molecule has 0 aromatic heterocycles. The van der Waals surface area contributed by atoms with E-state index in [9.17, 15) is 9.59 Å². The minimum atomic E-state index is -0.170. The van der Waals surface area contributed by atoms with Crippen LogP contribution in [-0.4, -0.2) is 42.5 Å². The van der Waals surface area contributed by atoms with E-state index in [0.717, 1.165) is 12.8 Å². The second-order valence-corrected chi connectivity index (χ2v) is 4.30. The topological polar surface area (TPSA) is 61.4 Å². The highest BCUT2D eigenvalue weighted by Gasteiger charge is 2.25. The van der Waals surface area contributed by atoms with Gasteiger partial charge in [-0.3, -0.25) is 4.79 Å². The zero-order valence-corrected chi connectivity index (χ0v) is 9.54. The molecule has 5 heteroatoms. The molecule has 0 heterocycles. The van der Waals surface area contributed by atoms with E-state index in [2.05, 4.69) is 10.6 Å². The summed E-state index contributed by atoms with van der Waals surface area (Å²) in [5.41, 5.74) is 0. The van der Waals surface area contributed by atoms with Crippen molar-refractivity contribution in [3.05, 3.63) is 0 Å². The fraction of sp³-hybridized carbons (Fsp3) is 0.800. The summed E-state index contributed by atoms with van der Waals surface area (Å²) in [6.07, 6.45) is 2.11. The molecule has 0 radical (unpaired) electrons. The van der Waals surface area contributed by atoms with Crippen molar-refractivity contribution in [3.63, 3.8) is 0 Å². The Morgan fingerprint density at radius 2 is 2.00 bits per heavy atom. The van der Waals surface area contributed by atoms with Gasteiger partial charge in [-0.15, -0.1) is 0 Å². The van der Waals surface area contributed by atoms with Crippen molar-refractivity contribution in [2.45, 2.75) is 38.8 Å². The molecule has 0 aromatic carbocycles. The van der Waals surface area contributed by atoms with Gasteiger partial charge in [0, 0.05) is 19.1 Å². The molecule has 0 unspecified atom stereocenters. The van der Waals surface area contributed by atoms with E-state index in [1.165, 1.54) is 4.90 Å². The van der Waals surface area contributed by atoms with Gasteiger partial charge < -0.3 is 15.5 Å². The maximum Gasteiger partial charge on any atom is 0.317 e. The molecule has 0 bridgehead atoms. The number of urea groups is 1. The van der Waals surface area contributed by atoms with Gasteiger partial charge in [-0.1, -0.05) is 0 Å². The molecule has 0 atom stereocenters. The van der Waals surface area contributed by atoms with Crippen LogP contribution in [0.1, 0.15) is 26.7 Å². The molecule has 3 amide bonds. The highest BCUT2D eigenvalue weighted by molar-refractivity contribution is 5.84. The Labute approximate surface area is 90.2 Å². The van der Waals surface area contributed by atoms with Gasteiger partial charge in [0.05, 0.1) is 0 Å². The first-order chi connectivity index (χ1) is 6.99. The number of likely N-dealkylation sites (N-methyl/N-ethyl adjacent to an activating group) is 1. The maximum atomic E-state index is 11.4. The lowest BCUT2D eigenvalue weighted by Gasteiger charge is -2.18. The SMILES string of the molecule is CC(C)NC(=O)CN(C)C(=O)NC1CC1. The van der Waals surface area contributed by atoms with Crippen LogP contribution in [0, 0.1) is 0 Å². The molecule has 1 aliphatic carbocycles. The molecule has 1 aliphatic rings. The van der Waals surface area contributed by atoms with Gasteiger partial charge in [0.1, 0.15) is 6.54 Å². The van der Waals surface area contributed by atoms with Gasteiger partial charge in [0.15, 0.2) is 0 Å². The molecule has 0 saturated heterocycles. The van der Waals surface area contributed by atoms with Gasteiger partial charge in [0.25, 0.3) is 0 Å². The zero-order valence-electron chi connectivity index (χ0n) is 9.54. The lowest BCUT2D eigenvalue weighted by molar-refractivity contribution is -0.121. The zero-order chi connectivity index (χ0) is 11.4. The van der Waals surface area contributed by atoms with E-state index in [1.54, 1.807) is 7.05 Å². The Balaban J connectivity index is 2.23. The smallest absolute Gasteiger partial charge is 0.317 e. The van der Waals surface area contributed by atoms with Gasteiger partial charge in [-0.25, -0.2) is 4.79 Å². The number of rotatable bonds is 4. The van der Waals surface area contributed by atoms with Crippen LogP contribution in [0.15, 0.2) is 0 Å². The largest absolute Gasteiger partial charge is 0.352 e. The molecule has 0 aliphatic heterocycles. The number of carbonyl (C=O) groups is 2. The Bertz CT molecular complexity index is 249. The van der Waals surface area contributed by atoms with Gasteiger partial charge >= 0.3 is 6.03 Å². The predicted molar refractivity (Wildman–Crippen MR) is 57.5 cm³/mol. The van der Waals surface area contributed by atoms with Crippen LogP contribution in [0.3, 0.4) is 0 Å².